The Hall–Kier alpha value is -5.56. The summed E-state index contributed by atoms with van der Waals surface area (Å²) in [5.74, 6) is -0.445. The highest BCUT2D eigenvalue weighted by atomic mass is 35.5. The molecule has 48 heavy (non-hydrogen) atoms. The first-order valence-corrected chi connectivity index (χ1v) is 16.1. The van der Waals surface area contributed by atoms with Crippen LogP contribution in [0, 0.1) is 0 Å². The van der Waals surface area contributed by atoms with E-state index in [1.807, 2.05) is 109 Å². The van der Waals surface area contributed by atoms with Gasteiger partial charge in [0.05, 0.1) is 33.5 Å². The number of nitrogens with one attached hydrogen (secondary N) is 2. The van der Waals surface area contributed by atoms with E-state index in [1.54, 1.807) is 24.3 Å². The lowest BCUT2D eigenvalue weighted by Gasteiger charge is -2.13. The van der Waals surface area contributed by atoms with Gasteiger partial charge in [-0.15, -0.1) is 0 Å². The summed E-state index contributed by atoms with van der Waals surface area (Å²) >= 11 is 12.9. The maximum absolute atomic E-state index is 13.6. The molecule has 0 aliphatic carbocycles. The third kappa shape index (κ3) is 6.49. The van der Waals surface area contributed by atoms with Crippen LogP contribution in [0.3, 0.4) is 0 Å². The zero-order valence-electron chi connectivity index (χ0n) is 25.6. The number of nitrogens with zero attached hydrogens (tertiary/aromatic N) is 2. The summed E-state index contributed by atoms with van der Waals surface area (Å²) in [5.41, 5.74) is 7.01. The van der Waals surface area contributed by atoms with Crippen LogP contribution in [0.5, 0.6) is 0 Å². The molecule has 0 unspecified atom stereocenters. The highest BCUT2D eigenvalue weighted by Crippen LogP contribution is 2.31. The lowest BCUT2D eigenvalue weighted by Crippen LogP contribution is -2.24. The van der Waals surface area contributed by atoms with E-state index in [2.05, 4.69) is 10.6 Å². The van der Waals surface area contributed by atoms with Crippen molar-refractivity contribution in [1.82, 2.24) is 20.6 Å². The molecule has 2 aromatic heterocycles. The largest absolute Gasteiger partial charge is 0.348 e. The van der Waals surface area contributed by atoms with Crippen molar-refractivity contribution in [2.24, 2.45) is 0 Å². The summed E-state index contributed by atoms with van der Waals surface area (Å²) in [5, 5.41) is 8.75. The molecule has 7 aromatic rings. The molecule has 0 fully saturated rings. The van der Waals surface area contributed by atoms with Crippen LogP contribution >= 0.6 is 23.2 Å². The van der Waals surface area contributed by atoms with Gasteiger partial charge in [-0.1, -0.05) is 120 Å². The summed E-state index contributed by atoms with van der Waals surface area (Å²) < 4.78 is 0. The first-order chi connectivity index (χ1) is 23.4. The van der Waals surface area contributed by atoms with E-state index in [0.29, 0.717) is 56.7 Å². The number of benzene rings is 5. The first-order valence-electron chi connectivity index (χ1n) is 15.4. The van der Waals surface area contributed by atoms with Crippen LogP contribution in [0.25, 0.3) is 44.3 Å². The molecule has 8 heteroatoms. The molecule has 0 saturated heterocycles. The van der Waals surface area contributed by atoms with Gasteiger partial charge in [0.15, 0.2) is 0 Å². The van der Waals surface area contributed by atoms with E-state index < -0.39 is 0 Å². The summed E-state index contributed by atoms with van der Waals surface area (Å²) in [6.07, 6.45) is 0. The molecule has 0 atom stereocenters. The van der Waals surface area contributed by atoms with Gasteiger partial charge < -0.3 is 10.6 Å². The monoisotopic (exact) mass is 666 g/mol. The van der Waals surface area contributed by atoms with Crippen molar-refractivity contribution < 1.29 is 9.59 Å². The van der Waals surface area contributed by atoms with Crippen LogP contribution in [-0.4, -0.2) is 21.8 Å². The smallest absolute Gasteiger partial charge is 0.252 e. The van der Waals surface area contributed by atoms with E-state index in [-0.39, 0.29) is 11.8 Å². The van der Waals surface area contributed by atoms with Gasteiger partial charge in [0, 0.05) is 45.0 Å². The molecule has 2 N–H and O–H groups in total. The minimum absolute atomic E-state index is 0.223. The summed E-state index contributed by atoms with van der Waals surface area (Å²) in [7, 11) is 0. The Morgan fingerprint density at radius 2 is 0.917 bits per heavy atom. The maximum atomic E-state index is 13.6. The second-order valence-electron chi connectivity index (χ2n) is 11.3. The fraction of sp³-hybridized carbons (Fsp3) is 0.0500. The fourth-order valence-electron chi connectivity index (χ4n) is 5.75. The third-order valence-electron chi connectivity index (χ3n) is 8.12. The average Bonchev–Trinajstić information content (AvgIpc) is 3.12. The Labute approximate surface area is 287 Å². The molecule has 5 aromatic carbocycles. The first kappa shape index (κ1) is 31.1. The SMILES string of the molecule is O=C(NCc1cccc(CNC(=O)c2cc(-c3ccccc3Cl)nc3ccccc23)c1)c1cc(-c2ccccc2Cl)nc2ccccc12. The van der Waals surface area contributed by atoms with Crippen molar-refractivity contribution in [3.8, 4) is 22.5 Å². The van der Waals surface area contributed by atoms with Gasteiger partial charge in [-0.05, 0) is 47.5 Å². The number of pyridine rings is 2. The van der Waals surface area contributed by atoms with Crippen molar-refractivity contribution in [3.05, 3.63) is 166 Å². The predicted molar refractivity (Wildman–Crippen MR) is 193 cm³/mol. The van der Waals surface area contributed by atoms with E-state index in [9.17, 15) is 9.59 Å². The summed E-state index contributed by atoms with van der Waals surface area (Å²) in [6.45, 7) is 0.601. The number of fused-ring (bicyclic) bond motifs is 2. The number of rotatable bonds is 8. The number of amides is 2. The standard InChI is InChI=1S/C40H28Cl2N4O2/c41-33-16-5-1-14-29(33)37-21-31(27-12-3-7-18-35(27)45-37)39(47)43-23-25-10-9-11-26(20-25)24-44-40(48)32-22-38(30-15-2-6-17-34(30)42)46-36-19-8-4-13-28(32)36/h1-22H,23-24H2,(H,43,47)(H,44,48). The van der Waals surface area contributed by atoms with Crippen molar-refractivity contribution in [3.63, 3.8) is 0 Å². The molecule has 0 spiro atoms. The van der Waals surface area contributed by atoms with Crippen molar-refractivity contribution >= 4 is 56.8 Å². The highest BCUT2D eigenvalue weighted by Gasteiger charge is 2.17. The van der Waals surface area contributed by atoms with Gasteiger partial charge in [0.1, 0.15) is 0 Å². The molecule has 0 saturated carbocycles. The summed E-state index contributed by atoms with van der Waals surface area (Å²) in [6, 6.07) is 41.4. The van der Waals surface area contributed by atoms with Gasteiger partial charge in [-0.25, -0.2) is 9.97 Å². The lowest BCUT2D eigenvalue weighted by atomic mass is 10.0. The van der Waals surface area contributed by atoms with Crippen LogP contribution < -0.4 is 10.6 Å². The normalized spacial score (nSPS) is 11.0. The maximum Gasteiger partial charge on any atom is 0.252 e. The number of hydrogen-bond acceptors (Lipinski definition) is 4. The zero-order chi connectivity index (χ0) is 33.0. The van der Waals surface area contributed by atoms with E-state index in [1.165, 1.54) is 0 Å². The topological polar surface area (TPSA) is 84.0 Å². The Balaban J connectivity index is 1.08. The molecule has 2 amide bonds. The Morgan fingerprint density at radius 1 is 0.500 bits per heavy atom. The van der Waals surface area contributed by atoms with E-state index in [0.717, 1.165) is 33.0 Å². The number of carbonyl (C=O) groups excluding carboxylic acids is 2. The molecule has 7 rings (SSSR count). The molecule has 0 bridgehead atoms. The van der Waals surface area contributed by atoms with Gasteiger partial charge in [-0.2, -0.15) is 0 Å². The lowest BCUT2D eigenvalue weighted by molar-refractivity contribution is 0.0945. The average molecular weight is 668 g/mol. The second-order valence-corrected chi connectivity index (χ2v) is 12.1. The van der Waals surface area contributed by atoms with E-state index in [4.69, 9.17) is 33.2 Å². The van der Waals surface area contributed by atoms with Crippen molar-refractivity contribution in [1.29, 1.82) is 0 Å². The third-order valence-corrected chi connectivity index (χ3v) is 8.78. The molecule has 0 aliphatic heterocycles. The van der Waals surface area contributed by atoms with Gasteiger partial charge >= 0.3 is 0 Å². The quantitative estimate of drug-likeness (QED) is 0.169. The number of para-hydroxylation sites is 2. The number of aromatic nitrogens is 2. The number of halogens is 2. The highest BCUT2D eigenvalue weighted by molar-refractivity contribution is 6.33. The summed E-state index contributed by atoms with van der Waals surface area (Å²) in [4.78, 5) is 36.7. The van der Waals surface area contributed by atoms with Crippen LogP contribution in [0.15, 0.2) is 133 Å². The van der Waals surface area contributed by atoms with Crippen molar-refractivity contribution in [2.45, 2.75) is 13.1 Å². The van der Waals surface area contributed by atoms with Gasteiger partial charge in [0.25, 0.3) is 11.8 Å². The van der Waals surface area contributed by atoms with Crippen LogP contribution in [0.1, 0.15) is 31.8 Å². The van der Waals surface area contributed by atoms with Gasteiger partial charge in [-0.3, -0.25) is 9.59 Å². The molecular formula is C40H28Cl2N4O2. The fourth-order valence-corrected chi connectivity index (χ4v) is 6.21. The van der Waals surface area contributed by atoms with E-state index >= 15 is 0 Å². The zero-order valence-corrected chi connectivity index (χ0v) is 27.1. The van der Waals surface area contributed by atoms with Crippen LogP contribution in [-0.2, 0) is 13.1 Å². The minimum Gasteiger partial charge on any atom is -0.348 e. The molecule has 6 nitrogen and oxygen atoms in total. The number of carbonyl (C=O) groups is 2. The molecule has 2 heterocycles. The van der Waals surface area contributed by atoms with Gasteiger partial charge in [0.2, 0.25) is 0 Å². The predicted octanol–water partition coefficient (Wildman–Crippen LogP) is 9.28. The van der Waals surface area contributed by atoms with Crippen LogP contribution in [0.2, 0.25) is 10.0 Å². The molecule has 0 radical (unpaired) electrons. The van der Waals surface area contributed by atoms with Crippen LogP contribution in [0.4, 0.5) is 0 Å². The Bertz CT molecular complexity index is 2180. The minimum atomic E-state index is -0.223. The Kier molecular flexibility index (Phi) is 8.84. The number of hydrogen-bond donors (Lipinski definition) is 2. The molecular weight excluding hydrogens is 639 g/mol. The Morgan fingerprint density at radius 3 is 1.38 bits per heavy atom. The second kappa shape index (κ2) is 13.7. The van der Waals surface area contributed by atoms with Crippen molar-refractivity contribution in [2.75, 3.05) is 0 Å². The molecule has 234 valence electrons. The molecule has 0 aliphatic rings.